The molecular formula is C18H31NO5. The Morgan fingerprint density at radius 2 is 1.96 bits per heavy atom. The zero-order valence-electron chi connectivity index (χ0n) is 15.7. The molecule has 6 heteroatoms. The predicted molar refractivity (Wildman–Crippen MR) is 91.5 cm³/mol. The fourth-order valence-electron chi connectivity index (χ4n) is 2.71. The van der Waals surface area contributed by atoms with E-state index in [1.807, 2.05) is 19.9 Å². The second-order valence-corrected chi connectivity index (χ2v) is 7.57. The molecule has 2 atom stereocenters. The van der Waals surface area contributed by atoms with Gasteiger partial charge in [0.25, 0.3) is 0 Å². The van der Waals surface area contributed by atoms with Crippen LogP contribution in [-0.2, 0) is 14.3 Å². The van der Waals surface area contributed by atoms with Crippen LogP contribution in [0.15, 0.2) is 11.6 Å². The van der Waals surface area contributed by atoms with Gasteiger partial charge in [-0.25, -0.2) is 4.79 Å². The average molecular weight is 341 g/mol. The second-order valence-electron chi connectivity index (χ2n) is 7.57. The summed E-state index contributed by atoms with van der Waals surface area (Å²) in [4.78, 5) is 26.5. The number of esters is 1. The zero-order chi connectivity index (χ0) is 18.5. The molecule has 0 aliphatic carbocycles. The van der Waals surface area contributed by atoms with Crippen molar-refractivity contribution in [2.24, 2.45) is 5.41 Å². The molecule has 0 bridgehead atoms. The Balaban J connectivity index is 3.07. The van der Waals surface area contributed by atoms with E-state index in [1.165, 1.54) is 4.90 Å². The number of nitrogens with zero attached hydrogens (tertiary/aromatic N) is 1. The number of aliphatic hydroxyl groups excluding tert-OH is 1. The van der Waals surface area contributed by atoms with E-state index in [0.29, 0.717) is 19.4 Å². The van der Waals surface area contributed by atoms with Crippen molar-refractivity contribution in [2.75, 3.05) is 19.7 Å². The molecule has 1 aliphatic rings. The number of carbonyl (C=O) groups is 2. The number of piperidine rings is 1. The minimum Gasteiger partial charge on any atom is -0.465 e. The number of rotatable bonds is 4. The number of hydrogen-bond donors (Lipinski definition) is 1. The molecule has 2 unspecified atom stereocenters. The van der Waals surface area contributed by atoms with Crippen LogP contribution >= 0.6 is 0 Å². The van der Waals surface area contributed by atoms with Gasteiger partial charge in [-0.05, 0) is 54.4 Å². The number of ether oxygens (including phenoxy) is 2. The van der Waals surface area contributed by atoms with Gasteiger partial charge in [-0.15, -0.1) is 0 Å². The van der Waals surface area contributed by atoms with Crippen molar-refractivity contribution < 1.29 is 24.2 Å². The minimum atomic E-state index is -1.15. The van der Waals surface area contributed by atoms with Crippen LogP contribution in [0.5, 0.6) is 0 Å². The normalized spacial score (nSPS) is 24.3. The Hall–Kier alpha value is -1.56. The summed E-state index contributed by atoms with van der Waals surface area (Å²) in [5.41, 5.74) is -0.720. The Morgan fingerprint density at radius 1 is 1.33 bits per heavy atom. The van der Waals surface area contributed by atoms with Gasteiger partial charge >= 0.3 is 12.1 Å². The van der Waals surface area contributed by atoms with Crippen molar-refractivity contribution in [3.05, 3.63) is 11.6 Å². The van der Waals surface area contributed by atoms with Crippen molar-refractivity contribution in [2.45, 2.75) is 66.1 Å². The number of amides is 1. The first-order chi connectivity index (χ1) is 11.0. The van der Waals surface area contributed by atoms with Gasteiger partial charge in [0, 0.05) is 13.1 Å². The largest absolute Gasteiger partial charge is 0.465 e. The number of aliphatic hydroxyl groups is 1. The van der Waals surface area contributed by atoms with E-state index in [1.54, 1.807) is 27.7 Å². The fraction of sp³-hybridized carbons (Fsp3) is 0.778. The first-order valence-electron chi connectivity index (χ1n) is 8.48. The molecule has 1 fully saturated rings. The van der Waals surface area contributed by atoms with Gasteiger partial charge in [-0.2, -0.15) is 0 Å². The lowest BCUT2D eigenvalue weighted by Gasteiger charge is -2.43. The third-order valence-electron chi connectivity index (χ3n) is 3.99. The van der Waals surface area contributed by atoms with Gasteiger partial charge < -0.3 is 19.5 Å². The highest BCUT2D eigenvalue weighted by Crippen LogP contribution is 2.37. The lowest BCUT2D eigenvalue weighted by molar-refractivity contribution is -0.168. The summed E-state index contributed by atoms with van der Waals surface area (Å²) in [6, 6.07) is 0. The van der Waals surface area contributed by atoms with Gasteiger partial charge in [0.2, 0.25) is 0 Å². The van der Waals surface area contributed by atoms with Crippen LogP contribution in [0.25, 0.3) is 0 Å². The molecule has 138 valence electrons. The molecule has 1 aliphatic heterocycles. The van der Waals surface area contributed by atoms with Crippen molar-refractivity contribution >= 4 is 12.1 Å². The third-order valence-corrected chi connectivity index (χ3v) is 3.99. The third kappa shape index (κ3) is 5.23. The highest BCUT2D eigenvalue weighted by molar-refractivity contribution is 5.80. The van der Waals surface area contributed by atoms with E-state index < -0.39 is 29.2 Å². The quantitative estimate of drug-likeness (QED) is 0.628. The summed E-state index contributed by atoms with van der Waals surface area (Å²) in [5, 5.41) is 10.6. The van der Waals surface area contributed by atoms with Gasteiger partial charge in [0.05, 0.1) is 12.7 Å². The van der Waals surface area contributed by atoms with Crippen LogP contribution in [0.4, 0.5) is 4.79 Å². The summed E-state index contributed by atoms with van der Waals surface area (Å²) >= 11 is 0. The van der Waals surface area contributed by atoms with Gasteiger partial charge in [-0.1, -0.05) is 11.6 Å². The number of hydrogen-bond acceptors (Lipinski definition) is 5. The monoisotopic (exact) mass is 341 g/mol. The standard InChI is InChI=1S/C18H31NO5/c1-7-23-15(21)18(10-8-13(2)3)12-19(11-9-14(18)20)16(22)24-17(4,5)6/h8,14,20H,7,9-12H2,1-6H3. The maximum Gasteiger partial charge on any atom is 0.410 e. The van der Waals surface area contributed by atoms with Gasteiger partial charge in [0.1, 0.15) is 11.0 Å². The van der Waals surface area contributed by atoms with Crippen LogP contribution in [0.3, 0.4) is 0 Å². The molecule has 1 heterocycles. The van der Waals surface area contributed by atoms with Crippen molar-refractivity contribution in [1.82, 2.24) is 4.90 Å². The predicted octanol–water partition coefficient (Wildman–Crippen LogP) is 2.89. The van der Waals surface area contributed by atoms with Crippen LogP contribution in [-0.4, -0.2) is 53.5 Å². The Bertz CT molecular complexity index is 490. The Morgan fingerprint density at radius 3 is 2.46 bits per heavy atom. The van der Waals surface area contributed by atoms with Crippen LogP contribution in [0.2, 0.25) is 0 Å². The smallest absolute Gasteiger partial charge is 0.410 e. The molecule has 24 heavy (non-hydrogen) atoms. The molecule has 0 spiro atoms. The Kier molecular flexibility index (Phi) is 6.84. The van der Waals surface area contributed by atoms with Gasteiger partial charge in [0.15, 0.2) is 0 Å². The molecule has 1 saturated heterocycles. The summed E-state index contributed by atoms with van der Waals surface area (Å²) in [7, 11) is 0. The lowest BCUT2D eigenvalue weighted by atomic mass is 9.74. The number of allylic oxidation sites excluding steroid dienone is 2. The number of carbonyl (C=O) groups excluding carboxylic acids is 2. The van der Waals surface area contributed by atoms with E-state index in [9.17, 15) is 14.7 Å². The lowest BCUT2D eigenvalue weighted by Crippen LogP contribution is -2.58. The summed E-state index contributed by atoms with van der Waals surface area (Å²) < 4.78 is 10.6. The summed E-state index contributed by atoms with van der Waals surface area (Å²) in [5.74, 6) is -0.469. The van der Waals surface area contributed by atoms with E-state index in [2.05, 4.69) is 0 Å². The molecule has 0 aromatic heterocycles. The van der Waals surface area contributed by atoms with E-state index in [4.69, 9.17) is 9.47 Å². The first kappa shape index (κ1) is 20.5. The van der Waals surface area contributed by atoms with Crippen molar-refractivity contribution in [3.8, 4) is 0 Å². The van der Waals surface area contributed by atoms with Crippen molar-refractivity contribution in [3.63, 3.8) is 0 Å². The van der Waals surface area contributed by atoms with E-state index in [0.717, 1.165) is 5.57 Å². The molecule has 1 N–H and O–H groups in total. The van der Waals surface area contributed by atoms with E-state index >= 15 is 0 Å². The molecule has 0 radical (unpaired) electrons. The summed E-state index contributed by atoms with van der Waals surface area (Å²) in [6.45, 7) is 11.7. The first-order valence-corrected chi connectivity index (χ1v) is 8.48. The van der Waals surface area contributed by atoms with Crippen LogP contribution in [0, 0.1) is 5.41 Å². The Labute approximate surface area is 144 Å². The molecule has 1 amide bonds. The fourth-order valence-corrected chi connectivity index (χ4v) is 2.71. The van der Waals surface area contributed by atoms with Crippen molar-refractivity contribution in [1.29, 1.82) is 0 Å². The highest BCUT2D eigenvalue weighted by Gasteiger charge is 2.50. The SMILES string of the molecule is CCOC(=O)C1(CC=C(C)C)CN(C(=O)OC(C)(C)C)CCC1O. The summed E-state index contributed by atoms with van der Waals surface area (Å²) in [6.07, 6.45) is 1.22. The zero-order valence-corrected chi connectivity index (χ0v) is 15.7. The molecule has 0 saturated carbocycles. The van der Waals surface area contributed by atoms with Crippen LogP contribution < -0.4 is 0 Å². The second kappa shape index (κ2) is 8.01. The molecule has 0 aromatic carbocycles. The van der Waals surface area contributed by atoms with Gasteiger partial charge in [-0.3, -0.25) is 4.79 Å². The maximum absolute atomic E-state index is 12.6. The molecule has 0 aromatic rings. The molecular weight excluding hydrogens is 310 g/mol. The molecule has 6 nitrogen and oxygen atoms in total. The maximum atomic E-state index is 12.6. The van der Waals surface area contributed by atoms with E-state index in [-0.39, 0.29) is 13.2 Å². The number of likely N-dealkylation sites (tertiary alicyclic amines) is 1. The topological polar surface area (TPSA) is 76.1 Å². The minimum absolute atomic E-state index is 0.0890. The molecule has 1 rings (SSSR count). The average Bonchev–Trinajstić information content (AvgIpc) is 2.44. The van der Waals surface area contributed by atoms with Crippen LogP contribution in [0.1, 0.15) is 54.4 Å². The highest BCUT2D eigenvalue weighted by atomic mass is 16.6.